The number of benzene rings is 1. The van der Waals surface area contributed by atoms with Crippen molar-refractivity contribution in [1.82, 2.24) is 15.6 Å². The Morgan fingerprint density at radius 2 is 1.92 bits per heavy atom. The summed E-state index contributed by atoms with van der Waals surface area (Å²) in [7, 11) is 3.39. The van der Waals surface area contributed by atoms with Crippen molar-refractivity contribution in [2.75, 3.05) is 20.7 Å². The van der Waals surface area contributed by atoms with E-state index >= 15 is 0 Å². The van der Waals surface area contributed by atoms with E-state index in [1.165, 1.54) is 11.1 Å². The molecule has 0 aliphatic rings. The number of aromatic nitrogens is 1. The molecular weight excluding hydrogens is 300 g/mol. The predicted molar refractivity (Wildman–Crippen MR) is 98.6 cm³/mol. The van der Waals surface area contributed by atoms with Crippen LogP contribution in [-0.4, -0.2) is 31.6 Å². The summed E-state index contributed by atoms with van der Waals surface area (Å²) in [5.41, 5.74) is 3.68. The number of guanidine groups is 1. The molecule has 0 spiro atoms. The second-order valence-electron chi connectivity index (χ2n) is 5.83. The van der Waals surface area contributed by atoms with Crippen molar-refractivity contribution in [1.29, 1.82) is 0 Å². The lowest BCUT2D eigenvalue weighted by Crippen LogP contribution is -2.38. The first kappa shape index (κ1) is 17.8. The van der Waals surface area contributed by atoms with Crippen LogP contribution in [0.1, 0.15) is 29.5 Å². The van der Waals surface area contributed by atoms with Gasteiger partial charge in [0, 0.05) is 32.4 Å². The molecule has 1 heterocycles. The van der Waals surface area contributed by atoms with Crippen LogP contribution in [0.15, 0.2) is 47.6 Å². The van der Waals surface area contributed by atoms with Gasteiger partial charge < -0.3 is 15.4 Å². The van der Waals surface area contributed by atoms with E-state index in [0.29, 0.717) is 18.3 Å². The van der Waals surface area contributed by atoms with Gasteiger partial charge in [0.1, 0.15) is 0 Å². The topological polar surface area (TPSA) is 58.5 Å². The lowest BCUT2D eigenvalue weighted by Gasteiger charge is -2.16. The lowest BCUT2D eigenvalue weighted by atomic mass is 10.0. The summed E-state index contributed by atoms with van der Waals surface area (Å²) >= 11 is 0. The minimum atomic E-state index is 0.409. The first-order valence-corrected chi connectivity index (χ1v) is 8.12. The Labute approximate surface area is 144 Å². The Balaban J connectivity index is 1.82. The van der Waals surface area contributed by atoms with E-state index in [4.69, 9.17) is 4.74 Å². The zero-order chi connectivity index (χ0) is 17.4. The smallest absolute Gasteiger partial charge is 0.212 e. The van der Waals surface area contributed by atoms with Gasteiger partial charge in [-0.2, -0.15) is 0 Å². The van der Waals surface area contributed by atoms with Crippen molar-refractivity contribution >= 4 is 5.96 Å². The van der Waals surface area contributed by atoms with Crippen LogP contribution in [0, 0.1) is 6.92 Å². The molecule has 1 aromatic carbocycles. The van der Waals surface area contributed by atoms with Crippen LogP contribution < -0.4 is 15.4 Å². The molecule has 2 rings (SSSR count). The van der Waals surface area contributed by atoms with Crippen LogP contribution in [0.3, 0.4) is 0 Å². The molecule has 0 bridgehead atoms. The average Bonchev–Trinajstić information content (AvgIpc) is 2.62. The standard InChI is InChI=1S/C19H26N4O/c1-14-5-8-17(9-6-14)15(2)11-22-19(20-3)23-13-16-7-10-18(24-4)21-12-16/h5-10,12,15H,11,13H2,1-4H3,(H2,20,22,23). The molecule has 24 heavy (non-hydrogen) atoms. The van der Waals surface area contributed by atoms with Crippen LogP contribution in [0.25, 0.3) is 0 Å². The van der Waals surface area contributed by atoms with Gasteiger partial charge in [-0.3, -0.25) is 4.99 Å². The van der Waals surface area contributed by atoms with Crippen molar-refractivity contribution < 1.29 is 4.74 Å². The molecule has 0 aliphatic heterocycles. The Bertz CT molecular complexity index is 650. The zero-order valence-electron chi connectivity index (χ0n) is 14.8. The van der Waals surface area contributed by atoms with Gasteiger partial charge >= 0.3 is 0 Å². The number of aliphatic imine (C=N–C) groups is 1. The SMILES string of the molecule is CN=C(NCc1ccc(OC)nc1)NCC(C)c1ccc(C)cc1. The normalized spacial score (nSPS) is 12.6. The third-order valence-electron chi connectivity index (χ3n) is 3.91. The molecule has 2 N–H and O–H groups in total. The molecule has 0 aliphatic carbocycles. The number of methoxy groups -OCH3 is 1. The van der Waals surface area contributed by atoms with Crippen molar-refractivity contribution in [3.05, 3.63) is 59.3 Å². The molecular formula is C19H26N4O. The fourth-order valence-corrected chi connectivity index (χ4v) is 2.31. The summed E-state index contributed by atoms with van der Waals surface area (Å²) in [5.74, 6) is 1.81. The molecule has 0 saturated carbocycles. The number of ether oxygens (including phenoxy) is 1. The van der Waals surface area contributed by atoms with Gasteiger partial charge in [0.15, 0.2) is 5.96 Å². The molecule has 0 saturated heterocycles. The highest BCUT2D eigenvalue weighted by atomic mass is 16.5. The van der Waals surface area contributed by atoms with Crippen LogP contribution >= 0.6 is 0 Å². The fourth-order valence-electron chi connectivity index (χ4n) is 2.31. The van der Waals surface area contributed by atoms with Crippen LogP contribution in [0.5, 0.6) is 5.88 Å². The number of pyridine rings is 1. The summed E-state index contributed by atoms with van der Waals surface area (Å²) in [5, 5.41) is 6.67. The molecule has 5 heteroatoms. The Morgan fingerprint density at radius 1 is 1.17 bits per heavy atom. The third-order valence-corrected chi connectivity index (χ3v) is 3.91. The molecule has 2 aromatic rings. The molecule has 1 unspecified atom stereocenters. The molecule has 128 valence electrons. The molecule has 0 fully saturated rings. The van der Waals surface area contributed by atoms with Gasteiger partial charge in [0.2, 0.25) is 5.88 Å². The number of nitrogens with one attached hydrogen (secondary N) is 2. The van der Waals surface area contributed by atoms with E-state index in [2.05, 4.69) is 58.7 Å². The first-order chi connectivity index (χ1) is 11.6. The molecule has 1 aromatic heterocycles. The minimum Gasteiger partial charge on any atom is -0.481 e. The highest BCUT2D eigenvalue weighted by Crippen LogP contribution is 2.14. The quantitative estimate of drug-likeness (QED) is 0.633. The van der Waals surface area contributed by atoms with Crippen molar-refractivity contribution in [2.24, 2.45) is 4.99 Å². The van der Waals surface area contributed by atoms with E-state index in [0.717, 1.165) is 18.1 Å². The van der Waals surface area contributed by atoms with Crippen molar-refractivity contribution in [3.8, 4) is 5.88 Å². The lowest BCUT2D eigenvalue weighted by molar-refractivity contribution is 0.397. The van der Waals surface area contributed by atoms with Gasteiger partial charge in [-0.1, -0.05) is 42.8 Å². The summed E-state index contributed by atoms with van der Waals surface area (Å²) < 4.78 is 5.06. The maximum atomic E-state index is 5.06. The fraction of sp³-hybridized carbons (Fsp3) is 0.368. The molecule has 5 nitrogen and oxygen atoms in total. The molecule has 0 amide bonds. The van der Waals surface area contributed by atoms with E-state index in [1.54, 1.807) is 20.4 Å². The number of hydrogen-bond donors (Lipinski definition) is 2. The maximum absolute atomic E-state index is 5.06. The Hall–Kier alpha value is -2.56. The van der Waals surface area contributed by atoms with Crippen molar-refractivity contribution in [3.63, 3.8) is 0 Å². The summed E-state index contributed by atoms with van der Waals surface area (Å²) in [6.45, 7) is 5.80. The van der Waals surface area contributed by atoms with E-state index in [1.807, 2.05) is 12.1 Å². The largest absolute Gasteiger partial charge is 0.481 e. The van der Waals surface area contributed by atoms with Gasteiger partial charge in [-0.05, 0) is 24.0 Å². The second kappa shape index (κ2) is 8.91. The number of nitrogens with zero attached hydrogens (tertiary/aromatic N) is 2. The van der Waals surface area contributed by atoms with E-state index < -0.39 is 0 Å². The summed E-state index contributed by atoms with van der Waals surface area (Å²) in [6, 6.07) is 12.5. The maximum Gasteiger partial charge on any atom is 0.212 e. The average molecular weight is 326 g/mol. The van der Waals surface area contributed by atoms with E-state index in [9.17, 15) is 0 Å². The van der Waals surface area contributed by atoms with Gasteiger partial charge in [-0.25, -0.2) is 4.98 Å². The highest BCUT2D eigenvalue weighted by Gasteiger charge is 2.06. The first-order valence-electron chi connectivity index (χ1n) is 8.12. The van der Waals surface area contributed by atoms with Crippen LogP contribution in [-0.2, 0) is 6.54 Å². The van der Waals surface area contributed by atoms with Gasteiger partial charge in [-0.15, -0.1) is 0 Å². The Kier molecular flexibility index (Phi) is 6.61. The molecule has 0 radical (unpaired) electrons. The second-order valence-corrected chi connectivity index (χ2v) is 5.83. The zero-order valence-corrected chi connectivity index (χ0v) is 14.8. The highest BCUT2D eigenvalue weighted by molar-refractivity contribution is 5.79. The molecule has 1 atom stereocenters. The van der Waals surface area contributed by atoms with Gasteiger partial charge in [0.05, 0.1) is 7.11 Å². The van der Waals surface area contributed by atoms with Gasteiger partial charge in [0.25, 0.3) is 0 Å². The van der Waals surface area contributed by atoms with E-state index in [-0.39, 0.29) is 0 Å². The monoisotopic (exact) mass is 326 g/mol. The minimum absolute atomic E-state index is 0.409. The third kappa shape index (κ3) is 5.26. The number of hydrogen-bond acceptors (Lipinski definition) is 3. The van der Waals surface area contributed by atoms with Crippen molar-refractivity contribution in [2.45, 2.75) is 26.3 Å². The number of aryl methyl sites for hydroxylation is 1. The summed E-state index contributed by atoms with van der Waals surface area (Å²) in [6.07, 6.45) is 1.80. The predicted octanol–water partition coefficient (Wildman–Crippen LogP) is 2.87. The van der Waals surface area contributed by atoms with Crippen LogP contribution in [0.2, 0.25) is 0 Å². The summed E-state index contributed by atoms with van der Waals surface area (Å²) in [4.78, 5) is 8.47. The Morgan fingerprint density at radius 3 is 2.50 bits per heavy atom. The number of rotatable bonds is 6. The van der Waals surface area contributed by atoms with Crippen LogP contribution in [0.4, 0.5) is 0 Å².